The van der Waals surface area contributed by atoms with E-state index in [0.717, 1.165) is 18.5 Å². The lowest BCUT2D eigenvalue weighted by molar-refractivity contribution is 0.207. The molecule has 3 aromatic rings. The number of nitrogens with zero attached hydrogens (tertiary/aromatic N) is 3. The van der Waals surface area contributed by atoms with E-state index in [2.05, 4.69) is 10.3 Å². The molecule has 2 aromatic carbocycles. The number of aromatic nitrogens is 2. The largest absolute Gasteiger partial charge is 0.337 e. The summed E-state index contributed by atoms with van der Waals surface area (Å²) in [5.74, 6) is 0. The molecule has 0 fully saturated rings. The minimum absolute atomic E-state index is 0.232. The number of hydrogen-bond donors (Lipinski definition) is 1. The molecule has 1 aromatic heterocycles. The number of anilines is 1. The minimum Gasteiger partial charge on any atom is -0.337 e. The van der Waals surface area contributed by atoms with Crippen LogP contribution in [0.1, 0.15) is 12.0 Å². The summed E-state index contributed by atoms with van der Waals surface area (Å²) in [7, 11) is 0. The van der Waals surface area contributed by atoms with Crippen LogP contribution in [0.5, 0.6) is 0 Å². The zero-order chi connectivity index (χ0) is 19.9. The number of urea groups is 1. The molecule has 0 bridgehead atoms. The molecule has 8 heteroatoms. The van der Waals surface area contributed by atoms with Gasteiger partial charge < -0.3 is 14.8 Å². The first-order valence-corrected chi connectivity index (χ1v) is 9.86. The van der Waals surface area contributed by atoms with E-state index >= 15 is 0 Å². The lowest BCUT2D eigenvalue weighted by Gasteiger charge is -2.24. The number of carbonyl (C=O) groups excluding carboxylic acids is 1. The average Bonchev–Trinajstić information content (AvgIpc) is 3.19. The highest BCUT2D eigenvalue weighted by Crippen LogP contribution is 2.25. The molecular formula is C20H19Cl3N4O. The molecule has 3 rings (SSSR count). The van der Waals surface area contributed by atoms with Crippen molar-refractivity contribution in [2.45, 2.75) is 19.5 Å². The third-order valence-corrected chi connectivity index (χ3v) is 5.29. The van der Waals surface area contributed by atoms with Crippen LogP contribution in [0.15, 0.2) is 61.2 Å². The summed E-state index contributed by atoms with van der Waals surface area (Å²) in [6.07, 6.45) is 6.16. The molecule has 5 nitrogen and oxygen atoms in total. The Balaban J connectivity index is 1.70. The first kappa shape index (κ1) is 20.5. The smallest absolute Gasteiger partial charge is 0.322 e. The molecule has 0 unspecified atom stereocenters. The zero-order valence-corrected chi connectivity index (χ0v) is 17.3. The summed E-state index contributed by atoms with van der Waals surface area (Å²) in [6.45, 7) is 1.71. The van der Waals surface area contributed by atoms with Crippen LogP contribution < -0.4 is 5.32 Å². The summed E-state index contributed by atoms with van der Waals surface area (Å²) in [5, 5.41) is 4.33. The van der Waals surface area contributed by atoms with Crippen LogP contribution in [0.3, 0.4) is 0 Å². The average molecular weight is 438 g/mol. The maximum absolute atomic E-state index is 12.9. The first-order chi connectivity index (χ1) is 13.5. The number of nitrogens with one attached hydrogen (secondary N) is 1. The van der Waals surface area contributed by atoms with Gasteiger partial charge in [0.1, 0.15) is 0 Å². The van der Waals surface area contributed by atoms with E-state index in [1.807, 2.05) is 35.0 Å². The van der Waals surface area contributed by atoms with Crippen molar-refractivity contribution >= 4 is 46.5 Å². The fourth-order valence-corrected chi connectivity index (χ4v) is 3.22. The standard InChI is InChI=1S/C20H19Cl3N4O/c21-17-5-2-1-4-15(17)13-27(10-3-9-26-11-8-24-14-26)20(28)25-16-6-7-18(22)19(23)12-16/h1-2,4-8,11-12,14H,3,9-10,13H2,(H,25,28). The molecule has 146 valence electrons. The Hall–Kier alpha value is -2.21. The fourth-order valence-electron chi connectivity index (χ4n) is 2.72. The van der Waals surface area contributed by atoms with E-state index < -0.39 is 0 Å². The van der Waals surface area contributed by atoms with Gasteiger partial charge in [0, 0.05) is 42.7 Å². The second-order valence-electron chi connectivity index (χ2n) is 6.23. The van der Waals surface area contributed by atoms with Gasteiger partial charge in [0.05, 0.1) is 16.4 Å². The minimum atomic E-state index is -0.232. The van der Waals surface area contributed by atoms with E-state index in [1.54, 1.807) is 35.6 Å². The maximum atomic E-state index is 12.9. The van der Waals surface area contributed by atoms with Gasteiger partial charge in [-0.25, -0.2) is 9.78 Å². The van der Waals surface area contributed by atoms with Crippen molar-refractivity contribution < 1.29 is 4.79 Å². The Morgan fingerprint density at radius 2 is 1.89 bits per heavy atom. The van der Waals surface area contributed by atoms with Crippen molar-refractivity contribution in [3.63, 3.8) is 0 Å². The second-order valence-corrected chi connectivity index (χ2v) is 7.45. The Bertz CT molecular complexity index is 931. The Kier molecular flexibility index (Phi) is 7.20. The third kappa shape index (κ3) is 5.64. The highest BCUT2D eigenvalue weighted by molar-refractivity contribution is 6.42. The van der Waals surface area contributed by atoms with Gasteiger partial charge >= 0.3 is 6.03 Å². The molecule has 1 heterocycles. The predicted molar refractivity (Wildman–Crippen MR) is 114 cm³/mol. The number of carbonyl (C=O) groups is 1. The maximum Gasteiger partial charge on any atom is 0.322 e. The Morgan fingerprint density at radius 3 is 2.61 bits per heavy atom. The van der Waals surface area contributed by atoms with Gasteiger partial charge in [-0.3, -0.25) is 0 Å². The van der Waals surface area contributed by atoms with E-state index in [4.69, 9.17) is 34.8 Å². The normalized spacial score (nSPS) is 10.7. The Morgan fingerprint density at radius 1 is 1.07 bits per heavy atom. The quantitative estimate of drug-likeness (QED) is 0.495. The van der Waals surface area contributed by atoms with E-state index in [0.29, 0.717) is 33.8 Å². The van der Waals surface area contributed by atoms with Crippen molar-refractivity contribution in [1.29, 1.82) is 0 Å². The highest BCUT2D eigenvalue weighted by Gasteiger charge is 2.16. The molecule has 0 atom stereocenters. The van der Waals surface area contributed by atoms with Gasteiger partial charge in [0.2, 0.25) is 0 Å². The highest BCUT2D eigenvalue weighted by atomic mass is 35.5. The van der Waals surface area contributed by atoms with Crippen LogP contribution in [-0.2, 0) is 13.1 Å². The molecule has 0 aliphatic carbocycles. The molecular weight excluding hydrogens is 419 g/mol. The van der Waals surface area contributed by atoms with Crippen LogP contribution in [-0.4, -0.2) is 27.0 Å². The van der Waals surface area contributed by atoms with E-state index in [1.165, 1.54) is 0 Å². The molecule has 2 amide bonds. The predicted octanol–water partition coefficient (Wildman–Crippen LogP) is 5.97. The monoisotopic (exact) mass is 436 g/mol. The molecule has 0 aliphatic rings. The third-order valence-electron chi connectivity index (χ3n) is 4.18. The first-order valence-electron chi connectivity index (χ1n) is 8.73. The number of benzene rings is 2. The molecule has 0 spiro atoms. The molecule has 1 N–H and O–H groups in total. The second kappa shape index (κ2) is 9.82. The van der Waals surface area contributed by atoms with E-state index in [-0.39, 0.29) is 6.03 Å². The number of halogens is 3. The summed E-state index contributed by atoms with van der Waals surface area (Å²) >= 11 is 18.3. The number of hydrogen-bond acceptors (Lipinski definition) is 2. The van der Waals surface area contributed by atoms with Gasteiger partial charge in [-0.1, -0.05) is 53.0 Å². The van der Waals surface area contributed by atoms with Crippen LogP contribution in [0, 0.1) is 0 Å². The summed E-state index contributed by atoms with van der Waals surface area (Å²) in [5.41, 5.74) is 1.47. The summed E-state index contributed by atoms with van der Waals surface area (Å²) < 4.78 is 1.98. The molecule has 0 aliphatic heterocycles. The summed E-state index contributed by atoms with van der Waals surface area (Å²) in [6, 6.07) is 12.3. The van der Waals surface area contributed by atoms with Crippen molar-refractivity contribution in [3.8, 4) is 0 Å². The van der Waals surface area contributed by atoms with Crippen LogP contribution in [0.25, 0.3) is 0 Å². The Labute approximate surface area is 178 Å². The van der Waals surface area contributed by atoms with Crippen LogP contribution in [0.2, 0.25) is 15.1 Å². The number of aryl methyl sites for hydroxylation is 1. The number of rotatable bonds is 7. The molecule has 0 saturated carbocycles. The van der Waals surface area contributed by atoms with Crippen molar-refractivity contribution in [2.24, 2.45) is 0 Å². The topological polar surface area (TPSA) is 50.2 Å². The van der Waals surface area contributed by atoms with Crippen molar-refractivity contribution in [2.75, 3.05) is 11.9 Å². The summed E-state index contributed by atoms with van der Waals surface area (Å²) in [4.78, 5) is 18.7. The lowest BCUT2D eigenvalue weighted by Crippen LogP contribution is -2.35. The van der Waals surface area contributed by atoms with Gasteiger partial charge in [-0.15, -0.1) is 0 Å². The lowest BCUT2D eigenvalue weighted by atomic mass is 10.2. The van der Waals surface area contributed by atoms with Gasteiger partial charge in [0.15, 0.2) is 0 Å². The molecule has 28 heavy (non-hydrogen) atoms. The van der Waals surface area contributed by atoms with Crippen LogP contribution >= 0.6 is 34.8 Å². The zero-order valence-electron chi connectivity index (χ0n) is 15.0. The van der Waals surface area contributed by atoms with Gasteiger partial charge in [0.25, 0.3) is 0 Å². The van der Waals surface area contributed by atoms with Crippen LogP contribution in [0.4, 0.5) is 10.5 Å². The van der Waals surface area contributed by atoms with Crippen molar-refractivity contribution in [1.82, 2.24) is 14.5 Å². The van der Waals surface area contributed by atoms with E-state index in [9.17, 15) is 4.79 Å². The van der Waals surface area contributed by atoms with Gasteiger partial charge in [-0.05, 0) is 36.2 Å². The molecule has 0 radical (unpaired) electrons. The number of amides is 2. The van der Waals surface area contributed by atoms with Gasteiger partial charge in [-0.2, -0.15) is 0 Å². The fraction of sp³-hybridized carbons (Fsp3) is 0.200. The SMILES string of the molecule is O=C(Nc1ccc(Cl)c(Cl)c1)N(CCCn1ccnc1)Cc1ccccc1Cl. The number of imidazole rings is 1. The van der Waals surface area contributed by atoms with Crippen molar-refractivity contribution in [3.05, 3.63) is 81.8 Å². The molecule has 0 saturated heterocycles.